The van der Waals surface area contributed by atoms with Crippen molar-refractivity contribution in [2.75, 3.05) is 45.3 Å². The molecule has 1 aromatic rings. The van der Waals surface area contributed by atoms with Crippen LogP contribution in [0.1, 0.15) is 18.5 Å². The van der Waals surface area contributed by atoms with Gasteiger partial charge in [-0.05, 0) is 39.3 Å². The fraction of sp³-hybridized carbons (Fsp3) is 0.786. The molecule has 5 heteroatoms. The minimum absolute atomic E-state index is 0.735. The van der Waals surface area contributed by atoms with Crippen LogP contribution in [0, 0.1) is 12.8 Å². The second-order valence-corrected chi connectivity index (χ2v) is 5.36. The Kier molecular flexibility index (Phi) is 5.22. The first-order valence-electron chi connectivity index (χ1n) is 7.17. The van der Waals surface area contributed by atoms with Crippen LogP contribution in [-0.4, -0.2) is 49.9 Å². The van der Waals surface area contributed by atoms with E-state index in [9.17, 15) is 0 Å². The Morgan fingerprint density at radius 1 is 1.42 bits per heavy atom. The van der Waals surface area contributed by atoms with Crippen molar-refractivity contribution in [2.45, 2.75) is 26.3 Å². The summed E-state index contributed by atoms with van der Waals surface area (Å²) in [5.41, 5.74) is 1.09. The normalized spacial score (nSPS) is 17.1. The number of anilines is 1. The van der Waals surface area contributed by atoms with Gasteiger partial charge in [-0.15, -0.1) is 0 Å². The summed E-state index contributed by atoms with van der Waals surface area (Å²) in [6.45, 7) is 7.01. The number of imidazole rings is 1. The molecule has 0 radical (unpaired) electrons. The van der Waals surface area contributed by atoms with Crippen molar-refractivity contribution in [2.24, 2.45) is 5.92 Å². The molecule has 19 heavy (non-hydrogen) atoms. The number of aromatic nitrogens is 2. The lowest BCUT2D eigenvalue weighted by atomic mass is 9.97. The zero-order valence-corrected chi connectivity index (χ0v) is 12.4. The third-order valence-corrected chi connectivity index (χ3v) is 3.80. The zero-order valence-electron chi connectivity index (χ0n) is 12.4. The van der Waals surface area contributed by atoms with Gasteiger partial charge in [-0.2, -0.15) is 0 Å². The van der Waals surface area contributed by atoms with Crippen molar-refractivity contribution in [1.29, 1.82) is 0 Å². The second-order valence-electron chi connectivity index (χ2n) is 5.36. The first-order valence-corrected chi connectivity index (χ1v) is 7.17. The van der Waals surface area contributed by atoms with Gasteiger partial charge in [0.05, 0.1) is 12.3 Å². The average molecular weight is 266 g/mol. The topological polar surface area (TPSA) is 42.3 Å². The van der Waals surface area contributed by atoms with E-state index in [0.29, 0.717) is 0 Å². The molecule has 0 amide bonds. The Bertz CT molecular complexity index is 383. The fourth-order valence-electron chi connectivity index (χ4n) is 2.77. The summed E-state index contributed by atoms with van der Waals surface area (Å²) in [4.78, 5) is 7.09. The number of hydrogen-bond acceptors (Lipinski definition) is 4. The number of nitrogens with one attached hydrogen (secondary N) is 1. The molecule has 5 nitrogen and oxygen atoms in total. The Morgan fingerprint density at radius 3 is 2.79 bits per heavy atom. The van der Waals surface area contributed by atoms with Crippen molar-refractivity contribution in [1.82, 2.24) is 14.9 Å². The summed E-state index contributed by atoms with van der Waals surface area (Å²) < 4.78 is 7.39. The number of hydrogen-bond donors (Lipinski definition) is 1. The van der Waals surface area contributed by atoms with Gasteiger partial charge < -0.3 is 19.5 Å². The Balaban J connectivity index is 1.98. The summed E-state index contributed by atoms with van der Waals surface area (Å²) >= 11 is 0. The highest BCUT2D eigenvalue weighted by Crippen LogP contribution is 2.22. The number of rotatable bonds is 6. The van der Waals surface area contributed by atoms with Crippen LogP contribution in [0.3, 0.4) is 0 Å². The average Bonchev–Trinajstić information content (AvgIpc) is 2.79. The molecule has 1 aliphatic rings. The molecule has 1 aromatic heterocycles. The van der Waals surface area contributed by atoms with Gasteiger partial charge in [-0.3, -0.25) is 0 Å². The van der Waals surface area contributed by atoms with E-state index in [1.54, 1.807) is 7.11 Å². The van der Waals surface area contributed by atoms with Crippen molar-refractivity contribution in [3.63, 3.8) is 0 Å². The number of methoxy groups -OCH3 is 1. The third-order valence-electron chi connectivity index (χ3n) is 3.80. The minimum Gasteiger partial charge on any atom is -0.383 e. The van der Waals surface area contributed by atoms with E-state index in [1.165, 1.54) is 12.8 Å². The van der Waals surface area contributed by atoms with Crippen LogP contribution >= 0.6 is 0 Å². The molecule has 0 atom stereocenters. The van der Waals surface area contributed by atoms with E-state index < -0.39 is 0 Å². The smallest absolute Gasteiger partial charge is 0.205 e. The molecule has 2 rings (SSSR count). The maximum atomic E-state index is 5.17. The summed E-state index contributed by atoms with van der Waals surface area (Å²) in [6, 6.07) is 0. The highest BCUT2D eigenvalue weighted by Gasteiger charge is 2.22. The van der Waals surface area contributed by atoms with Gasteiger partial charge in [0.25, 0.3) is 0 Å². The molecule has 1 aliphatic heterocycles. The summed E-state index contributed by atoms with van der Waals surface area (Å²) in [6.07, 6.45) is 4.61. The van der Waals surface area contributed by atoms with Gasteiger partial charge >= 0.3 is 0 Å². The summed E-state index contributed by atoms with van der Waals surface area (Å²) in [7, 11) is 3.78. The molecule has 108 valence electrons. The van der Waals surface area contributed by atoms with Crippen LogP contribution < -0.4 is 10.2 Å². The number of aryl methyl sites for hydroxylation is 1. The van der Waals surface area contributed by atoms with E-state index in [4.69, 9.17) is 4.74 Å². The molecule has 0 aromatic carbocycles. The van der Waals surface area contributed by atoms with Gasteiger partial charge in [0.1, 0.15) is 0 Å². The van der Waals surface area contributed by atoms with Gasteiger partial charge in [0.15, 0.2) is 0 Å². The standard InChI is InChI=1S/C14H26N4O/c1-12-11-18(8-9-19-3)14(16-12)17-6-4-13(5-7-17)10-15-2/h11,13,15H,4-10H2,1-3H3. The monoisotopic (exact) mass is 266 g/mol. The fourth-order valence-corrected chi connectivity index (χ4v) is 2.77. The number of nitrogens with zero attached hydrogens (tertiary/aromatic N) is 3. The van der Waals surface area contributed by atoms with E-state index in [1.807, 2.05) is 7.05 Å². The predicted molar refractivity (Wildman–Crippen MR) is 77.7 cm³/mol. The molecule has 1 fully saturated rings. The van der Waals surface area contributed by atoms with Crippen molar-refractivity contribution in [3.05, 3.63) is 11.9 Å². The third kappa shape index (κ3) is 3.70. The molecular formula is C14H26N4O. The molecule has 2 heterocycles. The Morgan fingerprint density at radius 2 is 2.16 bits per heavy atom. The van der Waals surface area contributed by atoms with E-state index in [2.05, 4.69) is 32.9 Å². The Hall–Kier alpha value is -1.07. The minimum atomic E-state index is 0.735. The van der Waals surface area contributed by atoms with E-state index >= 15 is 0 Å². The molecule has 1 N–H and O–H groups in total. The van der Waals surface area contributed by atoms with Gasteiger partial charge in [-0.25, -0.2) is 4.98 Å². The zero-order chi connectivity index (χ0) is 13.7. The lowest BCUT2D eigenvalue weighted by Gasteiger charge is -2.32. The lowest BCUT2D eigenvalue weighted by Crippen LogP contribution is -2.38. The first kappa shape index (κ1) is 14.3. The molecule has 0 saturated carbocycles. The van der Waals surface area contributed by atoms with Crippen LogP contribution in [0.2, 0.25) is 0 Å². The van der Waals surface area contributed by atoms with Crippen LogP contribution in [0.4, 0.5) is 5.95 Å². The van der Waals surface area contributed by atoms with Gasteiger partial charge in [-0.1, -0.05) is 0 Å². The van der Waals surface area contributed by atoms with Crippen molar-refractivity contribution < 1.29 is 4.74 Å². The molecular weight excluding hydrogens is 240 g/mol. The SMILES string of the molecule is CNCC1CCN(c2nc(C)cn2CCOC)CC1. The molecule has 0 unspecified atom stereocenters. The van der Waals surface area contributed by atoms with Gasteiger partial charge in [0, 0.05) is 32.9 Å². The summed E-state index contributed by atoms with van der Waals surface area (Å²) in [5, 5.41) is 3.28. The first-order chi connectivity index (χ1) is 9.24. The second kappa shape index (κ2) is 6.91. The van der Waals surface area contributed by atoms with Crippen molar-refractivity contribution >= 4 is 5.95 Å². The molecule has 0 spiro atoms. The van der Waals surface area contributed by atoms with Crippen LogP contribution in [0.25, 0.3) is 0 Å². The maximum absolute atomic E-state index is 5.17. The van der Waals surface area contributed by atoms with Gasteiger partial charge in [0.2, 0.25) is 5.95 Å². The molecule has 1 saturated heterocycles. The highest BCUT2D eigenvalue weighted by atomic mass is 16.5. The van der Waals surface area contributed by atoms with E-state index in [-0.39, 0.29) is 0 Å². The molecule has 0 bridgehead atoms. The Labute approximate surface area is 116 Å². The lowest BCUT2D eigenvalue weighted by molar-refractivity contribution is 0.187. The quantitative estimate of drug-likeness (QED) is 0.842. The van der Waals surface area contributed by atoms with Crippen molar-refractivity contribution in [3.8, 4) is 0 Å². The number of ether oxygens (including phenoxy) is 1. The van der Waals surface area contributed by atoms with Crippen LogP contribution in [0.15, 0.2) is 6.20 Å². The molecule has 0 aliphatic carbocycles. The maximum Gasteiger partial charge on any atom is 0.205 e. The van der Waals surface area contributed by atoms with Crippen LogP contribution in [0.5, 0.6) is 0 Å². The van der Waals surface area contributed by atoms with E-state index in [0.717, 1.165) is 50.3 Å². The largest absolute Gasteiger partial charge is 0.383 e. The summed E-state index contributed by atoms with van der Waals surface area (Å²) in [5.74, 6) is 1.92. The number of piperidine rings is 1. The van der Waals surface area contributed by atoms with Crippen LogP contribution in [-0.2, 0) is 11.3 Å². The highest BCUT2D eigenvalue weighted by molar-refractivity contribution is 5.34. The predicted octanol–water partition coefficient (Wildman–Crippen LogP) is 1.27.